The molecule has 0 bridgehead atoms. The predicted octanol–water partition coefficient (Wildman–Crippen LogP) is 4.74. The Hall–Kier alpha value is -4.41. The number of pyridine rings is 1. The minimum Gasteiger partial charge on any atom is -0.497 e. The number of rotatable bonds is 10. The van der Waals surface area contributed by atoms with Crippen molar-refractivity contribution >= 4 is 29.3 Å². The normalized spacial score (nSPS) is 15.8. The van der Waals surface area contributed by atoms with E-state index in [1.807, 2.05) is 0 Å². The van der Waals surface area contributed by atoms with Gasteiger partial charge in [-0.2, -0.15) is 0 Å². The number of carbonyl (C=O) groups excluding carboxylic acids is 2. The summed E-state index contributed by atoms with van der Waals surface area (Å²) in [5.41, 5.74) is 3.14. The zero-order chi connectivity index (χ0) is 32.0. The molecule has 1 amide bonds. The Morgan fingerprint density at radius 2 is 1.84 bits per heavy atom. The van der Waals surface area contributed by atoms with Crippen molar-refractivity contribution in [2.24, 2.45) is 0 Å². The van der Waals surface area contributed by atoms with Crippen LogP contribution >= 0.6 is 0 Å². The molecule has 2 aliphatic rings. The van der Waals surface area contributed by atoms with E-state index < -0.39 is 17.6 Å². The number of methoxy groups -OCH3 is 1. The quantitative estimate of drug-likeness (QED) is 0.275. The van der Waals surface area contributed by atoms with E-state index in [2.05, 4.69) is 49.9 Å². The fraction of sp³-hybridized carbons (Fsp3) is 0.500. The summed E-state index contributed by atoms with van der Waals surface area (Å²) in [7, 11) is 1.57. The van der Waals surface area contributed by atoms with Crippen molar-refractivity contribution in [3.8, 4) is 5.75 Å². The van der Waals surface area contributed by atoms with Crippen LogP contribution in [0.15, 0.2) is 42.7 Å². The van der Waals surface area contributed by atoms with Crippen LogP contribution in [0.2, 0.25) is 0 Å². The Kier molecular flexibility index (Phi) is 10.0. The van der Waals surface area contributed by atoms with Gasteiger partial charge in [-0.25, -0.2) is 19.7 Å². The third kappa shape index (κ3) is 8.01. The average molecular weight is 616 g/mol. The van der Waals surface area contributed by atoms with E-state index in [1.165, 1.54) is 5.56 Å². The highest BCUT2D eigenvalue weighted by molar-refractivity contribution is 5.97. The minimum absolute atomic E-state index is 0.0976. The second kappa shape index (κ2) is 14.1. The van der Waals surface area contributed by atoms with Crippen molar-refractivity contribution in [1.82, 2.24) is 20.3 Å². The summed E-state index contributed by atoms with van der Waals surface area (Å²) in [5, 5.41) is 9.61. The number of nitrogens with one attached hydrogen (secondary N) is 3. The van der Waals surface area contributed by atoms with E-state index in [1.54, 1.807) is 58.5 Å². The maximum atomic E-state index is 13.2. The summed E-state index contributed by atoms with van der Waals surface area (Å²) in [5.74, 6) is 2.71. The number of hydrogen-bond acceptors (Lipinski definition) is 10. The Morgan fingerprint density at radius 1 is 1.09 bits per heavy atom. The number of aromatic nitrogens is 3. The van der Waals surface area contributed by atoms with Gasteiger partial charge in [0.1, 0.15) is 41.2 Å². The Bertz CT molecular complexity index is 1480. The molecule has 2 aliphatic heterocycles. The molecule has 11 heteroatoms. The van der Waals surface area contributed by atoms with Crippen molar-refractivity contribution < 1.29 is 19.1 Å². The summed E-state index contributed by atoms with van der Waals surface area (Å²) in [4.78, 5) is 42.8. The third-order valence-electron chi connectivity index (χ3n) is 8.23. The first kappa shape index (κ1) is 32.0. The summed E-state index contributed by atoms with van der Waals surface area (Å²) in [6, 6.07) is 10.2. The molecule has 1 atom stereocenters. The van der Waals surface area contributed by atoms with Crippen LogP contribution in [-0.2, 0) is 22.4 Å². The molecule has 4 heterocycles. The maximum Gasteiger partial charge on any atom is 0.331 e. The fourth-order valence-corrected chi connectivity index (χ4v) is 5.86. The second-order valence-corrected chi connectivity index (χ2v) is 12.6. The van der Waals surface area contributed by atoms with Gasteiger partial charge in [-0.05, 0) is 88.8 Å². The van der Waals surface area contributed by atoms with Gasteiger partial charge in [0, 0.05) is 48.9 Å². The van der Waals surface area contributed by atoms with Crippen molar-refractivity contribution in [2.45, 2.75) is 77.4 Å². The number of esters is 1. The molecule has 5 rings (SSSR count). The number of anilines is 3. The van der Waals surface area contributed by atoms with E-state index in [-0.39, 0.29) is 12.5 Å². The number of ether oxygens (including phenoxy) is 2. The van der Waals surface area contributed by atoms with Crippen LogP contribution in [0, 0.1) is 0 Å². The Labute approximate surface area is 265 Å². The van der Waals surface area contributed by atoms with Crippen LogP contribution in [0.3, 0.4) is 0 Å². The van der Waals surface area contributed by atoms with Crippen molar-refractivity contribution in [3.63, 3.8) is 0 Å². The first-order chi connectivity index (χ1) is 21.6. The maximum absolute atomic E-state index is 13.2. The number of nitrogens with zero attached hydrogens (tertiary/aromatic N) is 4. The van der Waals surface area contributed by atoms with E-state index in [4.69, 9.17) is 14.5 Å². The van der Waals surface area contributed by atoms with Gasteiger partial charge in [0.2, 0.25) is 0 Å². The smallest absolute Gasteiger partial charge is 0.331 e. The van der Waals surface area contributed by atoms with E-state index in [0.29, 0.717) is 29.5 Å². The molecule has 1 unspecified atom stereocenters. The number of benzene rings is 1. The molecule has 3 N–H and O–H groups in total. The molecule has 0 saturated carbocycles. The van der Waals surface area contributed by atoms with Gasteiger partial charge in [0.25, 0.3) is 5.91 Å². The number of carbonyl (C=O) groups is 2. The largest absolute Gasteiger partial charge is 0.497 e. The summed E-state index contributed by atoms with van der Waals surface area (Å²) < 4.78 is 10.8. The standard InChI is InChI=1S/C34H45N7O4/c1-6-26-30(36-20-28(33(43)45-34(2,3)4)40-32(42)24-9-12-25(44-5)13-10-24)37-21-38-31(26)41-18-15-22(16-19-41)27-14-11-23-8-7-17-35-29(23)39-27/h9-14,21-22,28H,6-8,15-20H2,1-5H3,(H,35,39)(H,40,42)(H,36,37,38). The Balaban J connectivity index is 1.27. The van der Waals surface area contributed by atoms with Gasteiger partial charge in [0.05, 0.1) is 7.11 Å². The molecule has 1 aromatic carbocycles. The number of fused-ring (bicyclic) bond motifs is 1. The van der Waals surface area contributed by atoms with Crippen LogP contribution in [0.4, 0.5) is 17.5 Å². The topological polar surface area (TPSA) is 131 Å². The molecule has 0 aliphatic carbocycles. The highest BCUT2D eigenvalue weighted by Gasteiger charge is 2.29. The highest BCUT2D eigenvalue weighted by atomic mass is 16.6. The SMILES string of the molecule is CCc1c(NCC(NC(=O)c2ccc(OC)cc2)C(=O)OC(C)(C)C)ncnc1N1CCC(c2ccc3c(n2)NCCC3)CC1. The number of amides is 1. The molecule has 11 nitrogen and oxygen atoms in total. The van der Waals surface area contributed by atoms with E-state index in [0.717, 1.165) is 68.2 Å². The predicted molar refractivity (Wildman–Crippen MR) is 175 cm³/mol. The van der Waals surface area contributed by atoms with E-state index in [9.17, 15) is 9.59 Å². The molecule has 1 saturated heterocycles. The average Bonchev–Trinajstić information content (AvgIpc) is 3.05. The molecule has 0 spiro atoms. The van der Waals surface area contributed by atoms with Gasteiger partial charge < -0.3 is 30.3 Å². The van der Waals surface area contributed by atoms with Gasteiger partial charge in [-0.1, -0.05) is 13.0 Å². The van der Waals surface area contributed by atoms with Crippen LogP contribution < -0.4 is 25.6 Å². The fourth-order valence-electron chi connectivity index (χ4n) is 5.86. The lowest BCUT2D eigenvalue weighted by Crippen LogP contribution is -2.48. The first-order valence-electron chi connectivity index (χ1n) is 15.9. The monoisotopic (exact) mass is 615 g/mol. The molecule has 1 fully saturated rings. The lowest BCUT2D eigenvalue weighted by Gasteiger charge is -2.34. The first-order valence-corrected chi connectivity index (χ1v) is 15.9. The summed E-state index contributed by atoms with van der Waals surface area (Å²) in [6.45, 7) is 10.3. The number of piperidine rings is 1. The van der Waals surface area contributed by atoms with Crippen LogP contribution in [0.1, 0.15) is 80.1 Å². The number of aryl methyl sites for hydroxylation is 1. The van der Waals surface area contributed by atoms with E-state index >= 15 is 0 Å². The van der Waals surface area contributed by atoms with Gasteiger partial charge in [0.15, 0.2) is 0 Å². The van der Waals surface area contributed by atoms with Gasteiger partial charge >= 0.3 is 5.97 Å². The molecule has 45 heavy (non-hydrogen) atoms. The Morgan fingerprint density at radius 3 is 2.53 bits per heavy atom. The van der Waals surface area contributed by atoms with Crippen LogP contribution in [0.5, 0.6) is 5.75 Å². The second-order valence-electron chi connectivity index (χ2n) is 12.6. The molecule has 240 valence electrons. The summed E-state index contributed by atoms with van der Waals surface area (Å²) >= 11 is 0. The lowest BCUT2D eigenvalue weighted by molar-refractivity contribution is -0.156. The van der Waals surface area contributed by atoms with Crippen molar-refractivity contribution in [3.05, 3.63) is 65.1 Å². The number of hydrogen-bond donors (Lipinski definition) is 3. The third-order valence-corrected chi connectivity index (χ3v) is 8.23. The summed E-state index contributed by atoms with van der Waals surface area (Å²) in [6.07, 6.45) is 6.47. The lowest BCUT2D eigenvalue weighted by atomic mass is 9.92. The zero-order valence-electron chi connectivity index (χ0n) is 27.0. The van der Waals surface area contributed by atoms with Gasteiger partial charge in [-0.15, -0.1) is 0 Å². The van der Waals surface area contributed by atoms with Gasteiger partial charge in [-0.3, -0.25) is 4.79 Å². The zero-order valence-corrected chi connectivity index (χ0v) is 27.0. The molecule has 2 aromatic heterocycles. The molecular weight excluding hydrogens is 570 g/mol. The minimum atomic E-state index is -0.948. The molecular formula is C34H45N7O4. The van der Waals surface area contributed by atoms with Crippen LogP contribution in [0.25, 0.3) is 0 Å². The molecule has 0 radical (unpaired) electrons. The van der Waals surface area contributed by atoms with Crippen molar-refractivity contribution in [1.29, 1.82) is 0 Å². The molecule has 3 aromatic rings. The highest BCUT2D eigenvalue weighted by Crippen LogP contribution is 2.33. The van der Waals surface area contributed by atoms with Crippen molar-refractivity contribution in [2.75, 3.05) is 48.8 Å². The van der Waals surface area contributed by atoms with Crippen LogP contribution in [-0.4, -0.2) is 71.8 Å².